The molecule has 0 radical (unpaired) electrons. The molecule has 0 saturated carbocycles. The molecule has 1 aliphatic rings. The second-order valence-electron chi connectivity index (χ2n) is 5.02. The van der Waals surface area contributed by atoms with Gasteiger partial charge in [-0.15, -0.1) is 0 Å². The summed E-state index contributed by atoms with van der Waals surface area (Å²) < 4.78 is 0. The molecule has 1 heteroatoms. The summed E-state index contributed by atoms with van der Waals surface area (Å²) in [6, 6.07) is 19.0. The minimum Gasteiger partial charge on any atom is -0.375 e. The molecule has 0 amide bonds. The molecule has 0 saturated heterocycles. The van der Waals surface area contributed by atoms with Gasteiger partial charge in [-0.1, -0.05) is 54.6 Å². The lowest BCUT2D eigenvalue weighted by Crippen LogP contribution is -2.33. The first-order chi connectivity index (χ1) is 8.78. The van der Waals surface area contributed by atoms with Gasteiger partial charge in [-0.05, 0) is 36.6 Å². The first kappa shape index (κ1) is 11.1. The van der Waals surface area contributed by atoms with Crippen molar-refractivity contribution in [3.05, 3.63) is 71.8 Å². The fourth-order valence-electron chi connectivity index (χ4n) is 2.63. The van der Waals surface area contributed by atoms with Gasteiger partial charge in [0, 0.05) is 5.69 Å². The molecular formula is C17H17N. The average Bonchev–Trinajstić information content (AvgIpc) is 2.40. The standard InChI is InChI=1S/C17H17N/c1-17(18-15-10-3-2-4-11-15)13-7-9-14-8-5-6-12-16(14)17/h2-12,18H,13H2,1H3. The maximum atomic E-state index is 3.66. The number of rotatable bonds is 2. The maximum absolute atomic E-state index is 3.66. The van der Waals surface area contributed by atoms with E-state index in [0.29, 0.717) is 0 Å². The third kappa shape index (κ3) is 1.92. The van der Waals surface area contributed by atoms with Crippen molar-refractivity contribution >= 4 is 11.8 Å². The van der Waals surface area contributed by atoms with Crippen molar-refractivity contribution in [3.63, 3.8) is 0 Å². The third-order valence-electron chi connectivity index (χ3n) is 3.57. The molecule has 0 fully saturated rings. The molecule has 1 atom stereocenters. The zero-order chi connectivity index (χ0) is 12.4. The van der Waals surface area contributed by atoms with Crippen LogP contribution in [-0.4, -0.2) is 0 Å². The summed E-state index contributed by atoms with van der Waals surface area (Å²) in [5.41, 5.74) is 3.84. The van der Waals surface area contributed by atoms with Gasteiger partial charge in [0.1, 0.15) is 0 Å². The molecule has 0 bridgehead atoms. The van der Waals surface area contributed by atoms with E-state index >= 15 is 0 Å². The van der Waals surface area contributed by atoms with Gasteiger partial charge in [0.15, 0.2) is 0 Å². The van der Waals surface area contributed by atoms with Crippen molar-refractivity contribution in [2.45, 2.75) is 18.9 Å². The molecule has 1 unspecified atom stereocenters. The number of fused-ring (bicyclic) bond motifs is 1. The van der Waals surface area contributed by atoms with E-state index in [9.17, 15) is 0 Å². The van der Waals surface area contributed by atoms with Crippen molar-refractivity contribution in [1.29, 1.82) is 0 Å². The molecule has 1 N–H and O–H groups in total. The van der Waals surface area contributed by atoms with Gasteiger partial charge in [-0.25, -0.2) is 0 Å². The highest BCUT2D eigenvalue weighted by atomic mass is 15.0. The Hall–Kier alpha value is -2.02. The van der Waals surface area contributed by atoms with E-state index < -0.39 is 0 Å². The van der Waals surface area contributed by atoms with Gasteiger partial charge in [-0.2, -0.15) is 0 Å². The SMILES string of the molecule is CC1(Nc2ccccc2)CC=Cc2ccccc21. The van der Waals surface area contributed by atoms with Gasteiger partial charge in [0.2, 0.25) is 0 Å². The Labute approximate surface area is 108 Å². The van der Waals surface area contributed by atoms with E-state index in [-0.39, 0.29) is 5.54 Å². The summed E-state index contributed by atoms with van der Waals surface area (Å²) in [5.74, 6) is 0. The predicted octanol–water partition coefficient (Wildman–Crippen LogP) is 4.43. The second kappa shape index (κ2) is 4.34. The molecule has 0 spiro atoms. The fraction of sp³-hybridized carbons (Fsp3) is 0.176. The highest BCUT2D eigenvalue weighted by Gasteiger charge is 2.29. The molecule has 2 aromatic carbocycles. The van der Waals surface area contributed by atoms with Crippen molar-refractivity contribution in [2.24, 2.45) is 0 Å². The van der Waals surface area contributed by atoms with Crippen molar-refractivity contribution < 1.29 is 0 Å². The number of para-hydroxylation sites is 1. The van der Waals surface area contributed by atoms with Gasteiger partial charge in [0.25, 0.3) is 0 Å². The van der Waals surface area contributed by atoms with Crippen LogP contribution in [0.25, 0.3) is 6.08 Å². The molecule has 90 valence electrons. The summed E-state index contributed by atoms with van der Waals surface area (Å²) in [5, 5.41) is 3.66. The van der Waals surface area contributed by atoms with Gasteiger partial charge >= 0.3 is 0 Å². The van der Waals surface area contributed by atoms with E-state index in [4.69, 9.17) is 0 Å². The monoisotopic (exact) mass is 235 g/mol. The van der Waals surface area contributed by atoms with Gasteiger partial charge < -0.3 is 5.32 Å². The lowest BCUT2D eigenvalue weighted by molar-refractivity contribution is 0.547. The third-order valence-corrected chi connectivity index (χ3v) is 3.57. The van der Waals surface area contributed by atoms with Crippen LogP contribution >= 0.6 is 0 Å². The predicted molar refractivity (Wildman–Crippen MR) is 77.5 cm³/mol. The number of benzene rings is 2. The van der Waals surface area contributed by atoms with Crippen molar-refractivity contribution in [2.75, 3.05) is 5.32 Å². The first-order valence-corrected chi connectivity index (χ1v) is 6.37. The zero-order valence-corrected chi connectivity index (χ0v) is 10.6. The van der Waals surface area contributed by atoms with Crippen LogP contribution in [0.15, 0.2) is 60.7 Å². The van der Waals surface area contributed by atoms with E-state index in [1.165, 1.54) is 16.8 Å². The highest BCUT2D eigenvalue weighted by molar-refractivity contribution is 5.61. The summed E-state index contributed by atoms with van der Waals surface area (Å²) in [6.07, 6.45) is 5.47. The van der Waals surface area contributed by atoms with Crippen molar-refractivity contribution in [1.82, 2.24) is 0 Å². The molecule has 1 nitrogen and oxygen atoms in total. The highest BCUT2D eigenvalue weighted by Crippen LogP contribution is 2.36. The molecule has 0 heterocycles. The van der Waals surface area contributed by atoms with E-state index in [0.717, 1.165) is 6.42 Å². The molecule has 3 rings (SSSR count). The quantitative estimate of drug-likeness (QED) is 0.812. The number of nitrogens with one attached hydrogen (secondary N) is 1. The number of hydrogen-bond acceptors (Lipinski definition) is 1. The normalized spacial score (nSPS) is 21.4. The zero-order valence-electron chi connectivity index (χ0n) is 10.6. The van der Waals surface area contributed by atoms with E-state index in [2.05, 4.69) is 72.9 Å². The molecule has 0 aromatic heterocycles. The Morgan fingerprint density at radius 2 is 1.67 bits per heavy atom. The largest absolute Gasteiger partial charge is 0.375 e. The topological polar surface area (TPSA) is 12.0 Å². The Balaban J connectivity index is 1.99. The van der Waals surface area contributed by atoms with Crippen LogP contribution in [-0.2, 0) is 5.54 Å². The summed E-state index contributed by atoms with van der Waals surface area (Å²) >= 11 is 0. The van der Waals surface area contributed by atoms with Crippen LogP contribution in [0.5, 0.6) is 0 Å². The second-order valence-corrected chi connectivity index (χ2v) is 5.02. The maximum Gasteiger partial charge on any atom is 0.0637 e. The number of anilines is 1. The van der Waals surface area contributed by atoms with Crippen LogP contribution in [0.4, 0.5) is 5.69 Å². The summed E-state index contributed by atoms with van der Waals surface area (Å²) in [6.45, 7) is 2.27. The van der Waals surface area contributed by atoms with Crippen molar-refractivity contribution in [3.8, 4) is 0 Å². The molecule has 2 aromatic rings. The minimum absolute atomic E-state index is 0.0211. The summed E-state index contributed by atoms with van der Waals surface area (Å²) in [4.78, 5) is 0. The molecule has 1 aliphatic carbocycles. The Kier molecular flexibility index (Phi) is 2.67. The van der Waals surface area contributed by atoms with Gasteiger partial charge in [-0.3, -0.25) is 0 Å². The van der Waals surface area contributed by atoms with Crippen LogP contribution in [0.3, 0.4) is 0 Å². The molecule has 0 aliphatic heterocycles. The van der Waals surface area contributed by atoms with E-state index in [1.807, 2.05) is 6.07 Å². The minimum atomic E-state index is -0.0211. The number of hydrogen-bond donors (Lipinski definition) is 1. The lowest BCUT2D eigenvalue weighted by atomic mass is 9.81. The molecule has 18 heavy (non-hydrogen) atoms. The van der Waals surface area contributed by atoms with Gasteiger partial charge in [0.05, 0.1) is 5.54 Å². The Morgan fingerprint density at radius 1 is 0.944 bits per heavy atom. The first-order valence-electron chi connectivity index (χ1n) is 6.37. The average molecular weight is 235 g/mol. The molecular weight excluding hydrogens is 218 g/mol. The lowest BCUT2D eigenvalue weighted by Gasteiger charge is -2.35. The van der Waals surface area contributed by atoms with Crippen LogP contribution < -0.4 is 5.32 Å². The Morgan fingerprint density at radius 3 is 2.50 bits per heavy atom. The van der Waals surface area contributed by atoms with Crippen LogP contribution in [0.2, 0.25) is 0 Å². The van der Waals surface area contributed by atoms with Crippen LogP contribution in [0, 0.1) is 0 Å². The van der Waals surface area contributed by atoms with E-state index in [1.54, 1.807) is 0 Å². The fourth-order valence-corrected chi connectivity index (χ4v) is 2.63. The smallest absolute Gasteiger partial charge is 0.0637 e. The summed E-state index contributed by atoms with van der Waals surface area (Å²) in [7, 11) is 0. The van der Waals surface area contributed by atoms with Crippen LogP contribution in [0.1, 0.15) is 24.5 Å². The Bertz CT molecular complexity index is 571.